The molecule has 0 spiro atoms. The van der Waals surface area contributed by atoms with Crippen LogP contribution in [0.3, 0.4) is 0 Å². The maximum atomic E-state index is 12.5. The molecule has 0 aliphatic carbocycles. The molecule has 1 N–H and O–H groups in total. The number of hydrogen-bond donors (Lipinski definition) is 1. The lowest BCUT2D eigenvalue weighted by molar-refractivity contribution is -0.174. The monoisotopic (exact) mass is 415 g/mol. The van der Waals surface area contributed by atoms with Crippen LogP contribution in [0.15, 0.2) is 59.5 Å². The molecule has 0 aliphatic rings. The minimum atomic E-state index is -4.43. The SMILES string of the molecule is CC(COCC(F)(F)F)NC(=O)c1cccc(CS(=O)(=O)c2ccccc2)c1. The van der Waals surface area contributed by atoms with E-state index in [1.807, 2.05) is 0 Å². The first-order valence-electron chi connectivity index (χ1n) is 8.39. The van der Waals surface area contributed by atoms with E-state index in [1.165, 1.54) is 31.2 Å². The topological polar surface area (TPSA) is 72.5 Å². The van der Waals surface area contributed by atoms with E-state index in [0.29, 0.717) is 5.56 Å². The summed E-state index contributed by atoms with van der Waals surface area (Å²) in [5.41, 5.74) is 0.640. The lowest BCUT2D eigenvalue weighted by atomic mass is 10.1. The Kier molecular flexibility index (Phi) is 7.20. The first-order valence-corrected chi connectivity index (χ1v) is 10.0. The van der Waals surface area contributed by atoms with Gasteiger partial charge in [0, 0.05) is 11.6 Å². The summed E-state index contributed by atoms with van der Waals surface area (Å²) >= 11 is 0. The molecule has 1 amide bonds. The number of ether oxygens (including phenoxy) is 1. The van der Waals surface area contributed by atoms with Gasteiger partial charge in [-0.2, -0.15) is 13.2 Å². The van der Waals surface area contributed by atoms with Crippen molar-refractivity contribution < 1.29 is 31.1 Å². The van der Waals surface area contributed by atoms with Crippen molar-refractivity contribution in [3.8, 4) is 0 Å². The van der Waals surface area contributed by atoms with Gasteiger partial charge in [0.05, 0.1) is 17.3 Å². The van der Waals surface area contributed by atoms with Crippen LogP contribution < -0.4 is 5.32 Å². The molecule has 2 aromatic carbocycles. The van der Waals surface area contributed by atoms with E-state index in [2.05, 4.69) is 10.1 Å². The van der Waals surface area contributed by atoms with Gasteiger partial charge < -0.3 is 10.1 Å². The zero-order valence-corrected chi connectivity index (χ0v) is 15.9. The molecule has 0 fully saturated rings. The minimum Gasteiger partial charge on any atom is -0.370 e. The Morgan fingerprint density at radius 2 is 1.79 bits per heavy atom. The number of carbonyl (C=O) groups is 1. The summed E-state index contributed by atoms with van der Waals surface area (Å²) in [5.74, 6) is -0.801. The number of alkyl halides is 3. The number of amides is 1. The zero-order chi connectivity index (χ0) is 20.8. The Morgan fingerprint density at radius 1 is 1.11 bits per heavy atom. The standard InChI is InChI=1S/C19H20F3NO4S/c1-14(11-27-13-19(20,21)22)23-18(24)16-7-5-6-15(10-16)12-28(25,26)17-8-3-2-4-9-17/h2-10,14H,11-13H2,1H3,(H,23,24). The van der Waals surface area contributed by atoms with E-state index >= 15 is 0 Å². The summed E-state index contributed by atoms with van der Waals surface area (Å²) < 4.78 is 65.6. The molecule has 0 aromatic heterocycles. The Hall–Kier alpha value is -2.39. The van der Waals surface area contributed by atoms with Gasteiger partial charge in [-0.15, -0.1) is 0 Å². The van der Waals surface area contributed by atoms with Crippen LogP contribution in [0.4, 0.5) is 13.2 Å². The maximum absolute atomic E-state index is 12.5. The summed E-state index contributed by atoms with van der Waals surface area (Å²) in [6.07, 6.45) is -4.43. The molecule has 0 saturated carbocycles. The van der Waals surface area contributed by atoms with E-state index in [9.17, 15) is 26.4 Å². The van der Waals surface area contributed by atoms with Gasteiger partial charge >= 0.3 is 6.18 Å². The Balaban J connectivity index is 1.99. The quantitative estimate of drug-likeness (QED) is 0.718. The predicted molar refractivity (Wildman–Crippen MR) is 97.6 cm³/mol. The number of nitrogens with one attached hydrogen (secondary N) is 1. The molecule has 9 heteroatoms. The molecule has 2 rings (SSSR count). The number of rotatable bonds is 8. The first kappa shape index (κ1) is 21.9. The van der Waals surface area contributed by atoms with Crippen LogP contribution in [0.25, 0.3) is 0 Å². The van der Waals surface area contributed by atoms with Crippen LogP contribution in [-0.2, 0) is 20.3 Å². The molecule has 0 bridgehead atoms. The van der Waals surface area contributed by atoms with Gasteiger partial charge in [0.25, 0.3) is 5.91 Å². The summed E-state index contributed by atoms with van der Waals surface area (Å²) in [6.45, 7) is -0.175. The predicted octanol–water partition coefficient (Wildman–Crippen LogP) is 3.36. The highest BCUT2D eigenvalue weighted by molar-refractivity contribution is 7.90. The lowest BCUT2D eigenvalue weighted by Crippen LogP contribution is -2.36. The summed E-state index contributed by atoms with van der Waals surface area (Å²) in [7, 11) is -3.56. The fourth-order valence-electron chi connectivity index (χ4n) is 2.43. The van der Waals surface area contributed by atoms with E-state index in [1.54, 1.807) is 30.3 Å². The second-order valence-corrected chi connectivity index (χ2v) is 8.27. The highest BCUT2D eigenvalue weighted by atomic mass is 32.2. The Labute approximate surface area is 161 Å². The average molecular weight is 415 g/mol. The third-order valence-corrected chi connectivity index (χ3v) is 5.36. The van der Waals surface area contributed by atoms with Gasteiger partial charge in [-0.05, 0) is 36.8 Å². The molecule has 1 atom stereocenters. The Bertz CT molecular complexity index is 899. The van der Waals surface area contributed by atoms with Gasteiger partial charge in [-0.3, -0.25) is 4.79 Å². The minimum absolute atomic E-state index is 0.181. The van der Waals surface area contributed by atoms with Gasteiger partial charge in [0.1, 0.15) is 6.61 Å². The van der Waals surface area contributed by atoms with Crippen LogP contribution in [0.5, 0.6) is 0 Å². The smallest absolute Gasteiger partial charge is 0.370 e. The molecule has 1 unspecified atom stereocenters. The molecule has 152 valence electrons. The van der Waals surface area contributed by atoms with Crippen molar-refractivity contribution >= 4 is 15.7 Å². The van der Waals surface area contributed by atoms with Crippen molar-refractivity contribution in [1.29, 1.82) is 0 Å². The molecule has 5 nitrogen and oxygen atoms in total. The van der Waals surface area contributed by atoms with Crippen LogP contribution >= 0.6 is 0 Å². The van der Waals surface area contributed by atoms with Gasteiger partial charge in [0.15, 0.2) is 9.84 Å². The van der Waals surface area contributed by atoms with E-state index in [0.717, 1.165) is 0 Å². The number of carbonyl (C=O) groups excluding carboxylic acids is 1. The van der Waals surface area contributed by atoms with Gasteiger partial charge in [-0.1, -0.05) is 30.3 Å². The van der Waals surface area contributed by atoms with Crippen LogP contribution in [-0.4, -0.2) is 39.8 Å². The van der Waals surface area contributed by atoms with Crippen molar-refractivity contribution in [3.63, 3.8) is 0 Å². The van der Waals surface area contributed by atoms with Crippen molar-refractivity contribution in [2.45, 2.75) is 29.8 Å². The van der Waals surface area contributed by atoms with E-state index in [-0.39, 0.29) is 22.8 Å². The fraction of sp³-hybridized carbons (Fsp3) is 0.316. The van der Waals surface area contributed by atoms with Crippen molar-refractivity contribution in [2.75, 3.05) is 13.2 Å². The number of sulfone groups is 1. The maximum Gasteiger partial charge on any atom is 0.411 e. The van der Waals surface area contributed by atoms with Crippen molar-refractivity contribution in [3.05, 3.63) is 65.7 Å². The number of halogens is 3. The summed E-state index contributed by atoms with van der Waals surface area (Å²) in [6, 6.07) is 13.4. The second kappa shape index (κ2) is 9.20. The molecule has 28 heavy (non-hydrogen) atoms. The third-order valence-electron chi connectivity index (χ3n) is 3.66. The molecule has 0 aliphatic heterocycles. The van der Waals surface area contributed by atoms with Gasteiger partial charge in [0.2, 0.25) is 0 Å². The average Bonchev–Trinajstić information content (AvgIpc) is 2.61. The van der Waals surface area contributed by atoms with E-state index < -0.39 is 34.6 Å². The number of hydrogen-bond acceptors (Lipinski definition) is 4. The molecular formula is C19H20F3NO4S. The molecule has 2 aromatic rings. The highest BCUT2D eigenvalue weighted by Gasteiger charge is 2.27. The molecule has 0 heterocycles. The van der Waals surface area contributed by atoms with Crippen LogP contribution in [0.1, 0.15) is 22.8 Å². The molecular weight excluding hydrogens is 395 g/mol. The van der Waals surface area contributed by atoms with Crippen molar-refractivity contribution in [2.24, 2.45) is 0 Å². The highest BCUT2D eigenvalue weighted by Crippen LogP contribution is 2.17. The summed E-state index contributed by atoms with van der Waals surface area (Å²) in [4.78, 5) is 12.4. The van der Waals surface area contributed by atoms with E-state index in [4.69, 9.17) is 0 Å². The zero-order valence-electron chi connectivity index (χ0n) is 15.1. The fourth-order valence-corrected chi connectivity index (χ4v) is 3.79. The number of benzene rings is 2. The van der Waals surface area contributed by atoms with Crippen molar-refractivity contribution in [1.82, 2.24) is 5.32 Å². The first-order chi connectivity index (χ1) is 13.1. The van der Waals surface area contributed by atoms with Crippen LogP contribution in [0.2, 0.25) is 0 Å². The molecule has 0 saturated heterocycles. The molecule has 0 radical (unpaired) electrons. The normalized spacial score (nSPS) is 13.1. The summed E-state index contributed by atoms with van der Waals surface area (Å²) in [5, 5.41) is 2.52. The van der Waals surface area contributed by atoms with Gasteiger partial charge in [-0.25, -0.2) is 8.42 Å². The lowest BCUT2D eigenvalue weighted by Gasteiger charge is -2.15. The second-order valence-electron chi connectivity index (χ2n) is 6.28. The Morgan fingerprint density at radius 3 is 2.43 bits per heavy atom. The third kappa shape index (κ3) is 6.97. The van der Waals surface area contributed by atoms with Crippen LogP contribution in [0, 0.1) is 0 Å². The largest absolute Gasteiger partial charge is 0.411 e.